The maximum atomic E-state index is 9.82. The molecule has 0 heterocycles. The summed E-state index contributed by atoms with van der Waals surface area (Å²) in [4.78, 5) is 0. The van der Waals surface area contributed by atoms with Gasteiger partial charge in [0.2, 0.25) is 0 Å². The van der Waals surface area contributed by atoms with Crippen molar-refractivity contribution in [2.45, 2.75) is 66.2 Å². The normalized spacial score (nSPS) is 12.3. The standard InChI is InChI=1S/C19H31NO2/c1-14(2)8-6-7-9-17-11-10-16(5)18(12-17)22-13-19(21)20-15(3)4/h8,10-12,15,19-21H,6-7,9,13H2,1-5H3. The fraction of sp³-hybridized carbons (Fsp3) is 0.579. The molecule has 1 unspecified atom stereocenters. The van der Waals surface area contributed by atoms with Crippen LogP contribution in [0.1, 0.15) is 51.7 Å². The van der Waals surface area contributed by atoms with Gasteiger partial charge < -0.3 is 9.84 Å². The molecule has 0 aliphatic carbocycles. The first-order chi connectivity index (χ1) is 10.4. The van der Waals surface area contributed by atoms with Gasteiger partial charge in [0.25, 0.3) is 0 Å². The molecule has 1 aromatic carbocycles. The maximum Gasteiger partial charge on any atom is 0.139 e. The first kappa shape index (κ1) is 18.7. The lowest BCUT2D eigenvalue weighted by Gasteiger charge is -2.17. The Morgan fingerprint density at radius 1 is 1.32 bits per heavy atom. The first-order valence-corrected chi connectivity index (χ1v) is 8.18. The Balaban J connectivity index is 2.52. The zero-order valence-electron chi connectivity index (χ0n) is 14.6. The summed E-state index contributed by atoms with van der Waals surface area (Å²) in [5.41, 5.74) is 3.76. The van der Waals surface area contributed by atoms with E-state index in [0.717, 1.165) is 30.6 Å². The Morgan fingerprint density at radius 2 is 2.05 bits per heavy atom. The Labute approximate surface area is 135 Å². The van der Waals surface area contributed by atoms with E-state index in [9.17, 15) is 5.11 Å². The van der Waals surface area contributed by atoms with Crippen LogP contribution in [0.15, 0.2) is 29.8 Å². The van der Waals surface area contributed by atoms with Crippen molar-refractivity contribution in [2.75, 3.05) is 6.61 Å². The monoisotopic (exact) mass is 305 g/mol. The average molecular weight is 305 g/mol. The maximum absolute atomic E-state index is 9.82. The highest BCUT2D eigenvalue weighted by Gasteiger charge is 2.08. The summed E-state index contributed by atoms with van der Waals surface area (Å²) in [6.07, 6.45) is 4.95. The van der Waals surface area contributed by atoms with Crippen molar-refractivity contribution >= 4 is 0 Å². The molecule has 3 heteroatoms. The van der Waals surface area contributed by atoms with Crippen molar-refractivity contribution in [3.8, 4) is 5.75 Å². The quantitative estimate of drug-likeness (QED) is 0.412. The average Bonchev–Trinajstić information content (AvgIpc) is 2.42. The highest BCUT2D eigenvalue weighted by molar-refractivity contribution is 5.36. The molecule has 3 nitrogen and oxygen atoms in total. The van der Waals surface area contributed by atoms with Crippen LogP contribution in [-0.4, -0.2) is 24.0 Å². The molecule has 0 amide bonds. The molecule has 124 valence electrons. The summed E-state index contributed by atoms with van der Waals surface area (Å²) < 4.78 is 5.76. The number of unbranched alkanes of at least 4 members (excludes halogenated alkanes) is 1. The lowest BCUT2D eigenvalue weighted by Crippen LogP contribution is -2.38. The molecule has 1 rings (SSSR count). The number of allylic oxidation sites excluding steroid dienone is 2. The predicted octanol–water partition coefficient (Wildman–Crippen LogP) is 3.98. The molecule has 0 aromatic heterocycles. The molecule has 0 saturated carbocycles. The van der Waals surface area contributed by atoms with Gasteiger partial charge in [0.1, 0.15) is 18.6 Å². The van der Waals surface area contributed by atoms with Crippen LogP contribution in [0.2, 0.25) is 0 Å². The predicted molar refractivity (Wildman–Crippen MR) is 93.3 cm³/mol. The highest BCUT2D eigenvalue weighted by atomic mass is 16.5. The minimum Gasteiger partial charge on any atom is -0.489 e. The Kier molecular flexibility index (Phi) is 8.21. The van der Waals surface area contributed by atoms with E-state index in [0.29, 0.717) is 0 Å². The van der Waals surface area contributed by atoms with Gasteiger partial charge in [-0.3, -0.25) is 5.32 Å². The van der Waals surface area contributed by atoms with E-state index < -0.39 is 6.23 Å². The molecule has 0 fully saturated rings. The summed E-state index contributed by atoms with van der Waals surface area (Å²) >= 11 is 0. The molecule has 0 bridgehead atoms. The smallest absolute Gasteiger partial charge is 0.139 e. The summed E-state index contributed by atoms with van der Waals surface area (Å²) in [7, 11) is 0. The largest absolute Gasteiger partial charge is 0.489 e. The van der Waals surface area contributed by atoms with Crippen LogP contribution < -0.4 is 10.1 Å². The second-order valence-electron chi connectivity index (χ2n) is 6.42. The Hall–Kier alpha value is -1.32. The highest BCUT2D eigenvalue weighted by Crippen LogP contribution is 2.21. The van der Waals surface area contributed by atoms with Crippen LogP contribution in [0.3, 0.4) is 0 Å². The molecule has 0 saturated heterocycles. The molecule has 0 radical (unpaired) electrons. The fourth-order valence-electron chi connectivity index (χ4n) is 2.25. The van der Waals surface area contributed by atoms with E-state index >= 15 is 0 Å². The fourth-order valence-corrected chi connectivity index (χ4v) is 2.25. The zero-order valence-corrected chi connectivity index (χ0v) is 14.6. The van der Waals surface area contributed by atoms with Gasteiger partial charge in [-0.15, -0.1) is 0 Å². The topological polar surface area (TPSA) is 41.5 Å². The number of benzene rings is 1. The van der Waals surface area contributed by atoms with E-state index in [2.05, 4.69) is 43.4 Å². The van der Waals surface area contributed by atoms with E-state index in [1.54, 1.807) is 0 Å². The summed E-state index contributed by atoms with van der Waals surface area (Å²) in [6.45, 7) is 10.6. The third-order valence-corrected chi connectivity index (χ3v) is 3.40. The second-order valence-corrected chi connectivity index (χ2v) is 6.42. The number of rotatable bonds is 9. The molecular formula is C19H31NO2. The van der Waals surface area contributed by atoms with Crippen molar-refractivity contribution in [3.05, 3.63) is 41.0 Å². The van der Waals surface area contributed by atoms with Crippen LogP contribution in [0.4, 0.5) is 0 Å². The van der Waals surface area contributed by atoms with Gasteiger partial charge in [0.05, 0.1) is 0 Å². The SMILES string of the molecule is CC(C)=CCCCc1ccc(C)c(OCC(O)NC(C)C)c1. The van der Waals surface area contributed by atoms with Crippen molar-refractivity contribution in [1.29, 1.82) is 0 Å². The molecular weight excluding hydrogens is 274 g/mol. The van der Waals surface area contributed by atoms with Crippen LogP contribution >= 0.6 is 0 Å². The second kappa shape index (κ2) is 9.65. The zero-order chi connectivity index (χ0) is 16.5. The molecule has 0 spiro atoms. The van der Waals surface area contributed by atoms with Gasteiger partial charge in [-0.2, -0.15) is 0 Å². The molecule has 22 heavy (non-hydrogen) atoms. The van der Waals surface area contributed by atoms with E-state index in [-0.39, 0.29) is 12.6 Å². The molecule has 1 atom stereocenters. The van der Waals surface area contributed by atoms with Crippen LogP contribution in [0, 0.1) is 6.92 Å². The van der Waals surface area contributed by atoms with Gasteiger partial charge in [-0.1, -0.05) is 23.8 Å². The number of aliphatic hydroxyl groups is 1. The lowest BCUT2D eigenvalue weighted by molar-refractivity contribution is 0.0716. The Morgan fingerprint density at radius 3 is 2.68 bits per heavy atom. The van der Waals surface area contributed by atoms with Gasteiger partial charge in [0, 0.05) is 6.04 Å². The van der Waals surface area contributed by atoms with Gasteiger partial charge >= 0.3 is 0 Å². The number of hydrogen-bond donors (Lipinski definition) is 2. The van der Waals surface area contributed by atoms with Crippen LogP contribution in [-0.2, 0) is 6.42 Å². The number of hydrogen-bond acceptors (Lipinski definition) is 3. The lowest BCUT2D eigenvalue weighted by atomic mass is 10.0. The number of aryl methyl sites for hydroxylation is 2. The van der Waals surface area contributed by atoms with E-state index in [4.69, 9.17) is 4.74 Å². The van der Waals surface area contributed by atoms with E-state index in [1.807, 2.05) is 20.8 Å². The van der Waals surface area contributed by atoms with Crippen molar-refractivity contribution in [3.63, 3.8) is 0 Å². The number of nitrogens with one attached hydrogen (secondary N) is 1. The van der Waals surface area contributed by atoms with Crippen molar-refractivity contribution < 1.29 is 9.84 Å². The molecule has 2 N–H and O–H groups in total. The first-order valence-electron chi connectivity index (χ1n) is 8.18. The summed E-state index contributed by atoms with van der Waals surface area (Å²) in [5, 5.41) is 12.8. The van der Waals surface area contributed by atoms with E-state index in [1.165, 1.54) is 11.1 Å². The summed E-state index contributed by atoms with van der Waals surface area (Å²) in [6, 6.07) is 6.59. The minimum atomic E-state index is -0.638. The van der Waals surface area contributed by atoms with Crippen molar-refractivity contribution in [2.24, 2.45) is 0 Å². The van der Waals surface area contributed by atoms with Crippen LogP contribution in [0.5, 0.6) is 5.75 Å². The van der Waals surface area contributed by atoms with Gasteiger partial charge in [0.15, 0.2) is 0 Å². The third kappa shape index (κ3) is 7.62. The number of aliphatic hydroxyl groups excluding tert-OH is 1. The summed E-state index contributed by atoms with van der Waals surface area (Å²) in [5.74, 6) is 0.865. The molecule has 1 aromatic rings. The van der Waals surface area contributed by atoms with Gasteiger partial charge in [-0.05, 0) is 71.1 Å². The van der Waals surface area contributed by atoms with Crippen molar-refractivity contribution in [1.82, 2.24) is 5.32 Å². The molecule has 0 aliphatic rings. The van der Waals surface area contributed by atoms with Crippen LogP contribution in [0.25, 0.3) is 0 Å². The number of ether oxygens (including phenoxy) is 1. The Bertz CT molecular complexity index is 476. The third-order valence-electron chi connectivity index (χ3n) is 3.40. The van der Waals surface area contributed by atoms with Gasteiger partial charge in [-0.25, -0.2) is 0 Å². The minimum absolute atomic E-state index is 0.237. The molecule has 0 aliphatic heterocycles.